The Morgan fingerprint density at radius 2 is 1.56 bits per heavy atom. The number of nitrogens with one attached hydrogen (secondary N) is 1. The standard InChI is InChI=1S/C21H17NO3/c23-21(20-14-15-6-4-5-9-19(15)25-20)22-16-10-12-18(13-11-16)24-17-7-2-1-3-8-17/h1-13,20H,14H2,(H,22,23)/t20-/m0/s1. The average molecular weight is 331 g/mol. The molecule has 0 saturated carbocycles. The van der Waals surface area contributed by atoms with Crippen LogP contribution in [0.5, 0.6) is 17.2 Å². The third kappa shape index (κ3) is 3.48. The van der Waals surface area contributed by atoms with Gasteiger partial charge in [0.25, 0.3) is 5.91 Å². The highest BCUT2D eigenvalue weighted by Crippen LogP contribution is 2.29. The lowest BCUT2D eigenvalue weighted by Crippen LogP contribution is -2.31. The van der Waals surface area contributed by atoms with Crippen molar-refractivity contribution in [2.45, 2.75) is 12.5 Å². The monoisotopic (exact) mass is 331 g/mol. The van der Waals surface area contributed by atoms with Crippen molar-refractivity contribution in [1.29, 1.82) is 0 Å². The molecule has 1 atom stereocenters. The third-order valence-electron chi connectivity index (χ3n) is 4.04. The zero-order chi connectivity index (χ0) is 17.1. The van der Waals surface area contributed by atoms with E-state index >= 15 is 0 Å². The predicted molar refractivity (Wildman–Crippen MR) is 96.1 cm³/mol. The molecule has 0 aromatic heterocycles. The van der Waals surface area contributed by atoms with Gasteiger partial charge in [-0.25, -0.2) is 0 Å². The molecule has 0 saturated heterocycles. The minimum atomic E-state index is -0.488. The van der Waals surface area contributed by atoms with E-state index in [4.69, 9.17) is 9.47 Å². The van der Waals surface area contributed by atoms with Gasteiger partial charge < -0.3 is 14.8 Å². The molecule has 3 aromatic carbocycles. The summed E-state index contributed by atoms with van der Waals surface area (Å²) in [6.45, 7) is 0. The fourth-order valence-corrected chi connectivity index (χ4v) is 2.78. The maximum absolute atomic E-state index is 12.4. The molecule has 1 N–H and O–H groups in total. The van der Waals surface area contributed by atoms with Gasteiger partial charge >= 0.3 is 0 Å². The molecule has 1 heterocycles. The Morgan fingerprint density at radius 3 is 2.32 bits per heavy atom. The van der Waals surface area contributed by atoms with E-state index in [9.17, 15) is 4.79 Å². The number of anilines is 1. The molecular weight excluding hydrogens is 314 g/mol. The van der Waals surface area contributed by atoms with E-state index in [-0.39, 0.29) is 5.91 Å². The van der Waals surface area contributed by atoms with Crippen LogP contribution in [0.4, 0.5) is 5.69 Å². The number of amides is 1. The van der Waals surface area contributed by atoms with Crippen LogP contribution in [0.25, 0.3) is 0 Å². The summed E-state index contributed by atoms with van der Waals surface area (Å²) in [4.78, 5) is 12.4. The van der Waals surface area contributed by atoms with Crippen LogP contribution >= 0.6 is 0 Å². The van der Waals surface area contributed by atoms with Crippen molar-refractivity contribution < 1.29 is 14.3 Å². The minimum Gasteiger partial charge on any atom is -0.480 e. The van der Waals surface area contributed by atoms with Crippen LogP contribution in [0.3, 0.4) is 0 Å². The van der Waals surface area contributed by atoms with E-state index in [1.165, 1.54) is 0 Å². The van der Waals surface area contributed by atoms with E-state index in [0.717, 1.165) is 17.1 Å². The number of carbonyl (C=O) groups excluding carboxylic acids is 1. The number of fused-ring (bicyclic) bond motifs is 1. The largest absolute Gasteiger partial charge is 0.480 e. The van der Waals surface area contributed by atoms with Gasteiger partial charge in [-0.15, -0.1) is 0 Å². The first-order valence-electron chi connectivity index (χ1n) is 8.16. The Bertz CT molecular complexity index is 850. The maximum Gasteiger partial charge on any atom is 0.265 e. The second-order valence-corrected chi connectivity index (χ2v) is 5.85. The quantitative estimate of drug-likeness (QED) is 0.770. The molecule has 124 valence electrons. The molecule has 1 amide bonds. The van der Waals surface area contributed by atoms with Gasteiger partial charge in [-0.05, 0) is 48.0 Å². The molecule has 4 rings (SSSR count). The van der Waals surface area contributed by atoms with E-state index < -0.39 is 6.10 Å². The van der Waals surface area contributed by atoms with E-state index in [1.807, 2.05) is 78.9 Å². The summed E-state index contributed by atoms with van der Waals surface area (Å²) in [5, 5.41) is 2.89. The number of hydrogen-bond acceptors (Lipinski definition) is 3. The van der Waals surface area contributed by atoms with Crippen molar-refractivity contribution in [3.8, 4) is 17.2 Å². The first-order chi connectivity index (χ1) is 12.3. The smallest absolute Gasteiger partial charge is 0.265 e. The van der Waals surface area contributed by atoms with Gasteiger partial charge in [0.2, 0.25) is 0 Å². The second-order valence-electron chi connectivity index (χ2n) is 5.85. The van der Waals surface area contributed by atoms with Crippen LogP contribution in [0.2, 0.25) is 0 Å². The Labute approximate surface area is 146 Å². The molecule has 0 unspecified atom stereocenters. The number of rotatable bonds is 4. The molecule has 0 fully saturated rings. The fraction of sp³-hybridized carbons (Fsp3) is 0.0952. The molecule has 1 aliphatic rings. The first kappa shape index (κ1) is 15.3. The summed E-state index contributed by atoms with van der Waals surface area (Å²) in [5.41, 5.74) is 1.78. The predicted octanol–water partition coefficient (Wildman–Crippen LogP) is 4.42. The number of ether oxygens (including phenoxy) is 2. The highest BCUT2D eigenvalue weighted by molar-refractivity contribution is 5.95. The Balaban J connectivity index is 1.38. The molecule has 25 heavy (non-hydrogen) atoms. The normalized spacial score (nSPS) is 15.1. The summed E-state index contributed by atoms with van der Waals surface area (Å²) in [7, 11) is 0. The molecule has 4 nitrogen and oxygen atoms in total. The molecular formula is C21H17NO3. The summed E-state index contributed by atoms with van der Waals surface area (Å²) in [6.07, 6.45) is 0.106. The first-order valence-corrected chi connectivity index (χ1v) is 8.16. The molecule has 0 spiro atoms. The lowest BCUT2D eigenvalue weighted by Gasteiger charge is -2.12. The fourth-order valence-electron chi connectivity index (χ4n) is 2.78. The van der Waals surface area contributed by atoms with Crippen molar-refractivity contribution in [1.82, 2.24) is 0 Å². The molecule has 4 heteroatoms. The Hall–Kier alpha value is -3.27. The molecule has 3 aromatic rings. The Kier molecular flexibility index (Phi) is 4.09. The molecule has 0 aliphatic carbocycles. The van der Waals surface area contributed by atoms with Crippen LogP contribution in [-0.4, -0.2) is 12.0 Å². The van der Waals surface area contributed by atoms with Crippen molar-refractivity contribution >= 4 is 11.6 Å². The molecule has 0 bridgehead atoms. The van der Waals surface area contributed by atoms with Crippen molar-refractivity contribution in [3.05, 3.63) is 84.4 Å². The van der Waals surface area contributed by atoms with Gasteiger partial charge in [0.15, 0.2) is 6.10 Å². The van der Waals surface area contributed by atoms with Gasteiger partial charge in [-0.1, -0.05) is 36.4 Å². The van der Waals surface area contributed by atoms with E-state index in [1.54, 1.807) is 0 Å². The van der Waals surface area contributed by atoms with Crippen LogP contribution < -0.4 is 14.8 Å². The van der Waals surface area contributed by atoms with Gasteiger partial charge in [-0.3, -0.25) is 4.79 Å². The van der Waals surface area contributed by atoms with Crippen LogP contribution in [0.1, 0.15) is 5.56 Å². The summed E-state index contributed by atoms with van der Waals surface area (Å²) < 4.78 is 11.4. The van der Waals surface area contributed by atoms with Gasteiger partial charge in [-0.2, -0.15) is 0 Å². The van der Waals surface area contributed by atoms with Gasteiger partial charge in [0.1, 0.15) is 17.2 Å². The minimum absolute atomic E-state index is 0.145. The molecule has 1 aliphatic heterocycles. The Morgan fingerprint density at radius 1 is 0.880 bits per heavy atom. The van der Waals surface area contributed by atoms with Crippen LogP contribution in [-0.2, 0) is 11.2 Å². The second kappa shape index (κ2) is 6.69. The maximum atomic E-state index is 12.4. The topological polar surface area (TPSA) is 47.6 Å². The number of hydrogen-bond donors (Lipinski definition) is 1. The van der Waals surface area contributed by atoms with Crippen LogP contribution in [0.15, 0.2) is 78.9 Å². The number of carbonyl (C=O) groups is 1. The van der Waals surface area contributed by atoms with Crippen molar-refractivity contribution in [2.75, 3.05) is 5.32 Å². The lowest BCUT2D eigenvalue weighted by atomic mass is 10.1. The summed E-state index contributed by atoms with van der Waals surface area (Å²) in [5.74, 6) is 2.13. The van der Waals surface area contributed by atoms with Gasteiger partial charge in [0, 0.05) is 12.1 Å². The third-order valence-corrected chi connectivity index (χ3v) is 4.04. The SMILES string of the molecule is O=C(Nc1ccc(Oc2ccccc2)cc1)[C@@H]1Cc2ccccc2O1. The van der Waals surface area contributed by atoms with Crippen LogP contribution in [0, 0.1) is 0 Å². The highest BCUT2D eigenvalue weighted by Gasteiger charge is 2.28. The molecule has 0 radical (unpaired) electrons. The lowest BCUT2D eigenvalue weighted by molar-refractivity contribution is -0.122. The zero-order valence-electron chi connectivity index (χ0n) is 13.5. The van der Waals surface area contributed by atoms with Gasteiger partial charge in [0.05, 0.1) is 0 Å². The number of para-hydroxylation sites is 2. The highest BCUT2D eigenvalue weighted by atomic mass is 16.5. The summed E-state index contributed by atoms with van der Waals surface area (Å²) in [6, 6.07) is 24.6. The average Bonchev–Trinajstić information content (AvgIpc) is 3.09. The van der Waals surface area contributed by atoms with Crippen molar-refractivity contribution in [2.24, 2.45) is 0 Å². The zero-order valence-corrected chi connectivity index (χ0v) is 13.5. The number of benzene rings is 3. The van der Waals surface area contributed by atoms with E-state index in [2.05, 4.69) is 5.32 Å². The van der Waals surface area contributed by atoms with Crippen molar-refractivity contribution in [3.63, 3.8) is 0 Å². The van der Waals surface area contributed by atoms with E-state index in [0.29, 0.717) is 17.9 Å². The summed E-state index contributed by atoms with van der Waals surface area (Å²) >= 11 is 0.